The van der Waals surface area contributed by atoms with Crippen LogP contribution in [0.3, 0.4) is 0 Å². The highest BCUT2D eigenvalue weighted by Crippen LogP contribution is 2.31. The third-order valence-corrected chi connectivity index (χ3v) is 4.66. The number of alkyl carbamates (subject to hydrolysis) is 1. The molecule has 0 radical (unpaired) electrons. The molecule has 0 spiro atoms. The van der Waals surface area contributed by atoms with Gasteiger partial charge in [-0.05, 0) is 62.9 Å². The molecule has 0 saturated carbocycles. The molecular weight excluding hydrogens is 410 g/mol. The number of benzene rings is 2. The zero-order chi connectivity index (χ0) is 23.5. The Balaban J connectivity index is 2.00. The van der Waals surface area contributed by atoms with Crippen molar-refractivity contribution in [2.75, 3.05) is 0 Å². The van der Waals surface area contributed by atoms with Gasteiger partial charge in [-0.3, -0.25) is 0 Å². The number of fused-ring (bicyclic) bond motifs is 1. The largest absolute Gasteiger partial charge is 0.444 e. The highest BCUT2D eigenvalue weighted by molar-refractivity contribution is 5.92. The maximum absolute atomic E-state index is 13.3. The van der Waals surface area contributed by atoms with Gasteiger partial charge >= 0.3 is 17.7 Å². The van der Waals surface area contributed by atoms with E-state index >= 15 is 0 Å². The average Bonchev–Trinajstić information content (AvgIpc) is 2.70. The van der Waals surface area contributed by atoms with Crippen LogP contribution < -0.4 is 15.7 Å². The van der Waals surface area contributed by atoms with E-state index < -0.39 is 29.3 Å². The Labute approximate surface area is 186 Å². The predicted octanol–water partition coefficient (Wildman–Crippen LogP) is 4.84. The lowest BCUT2D eigenvalue weighted by molar-refractivity contribution is -0.136. The van der Waals surface area contributed by atoms with E-state index in [1.165, 1.54) is 6.07 Å². The number of hydrogen-bond donors (Lipinski definition) is 1. The number of carbonyl (C=O) groups excluding carboxylic acids is 2. The van der Waals surface area contributed by atoms with Gasteiger partial charge in [0.2, 0.25) is 0 Å². The van der Waals surface area contributed by atoms with Gasteiger partial charge in [0, 0.05) is 6.07 Å². The molecular formula is C25H27NO6. The smallest absolute Gasteiger partial charge is 0.408 e. The number of esters is 1. The quantitative estimate of drug-likeness (QED) is 0.349. The first-order valence-electron chi connectivity index (χ1n) is 10.4. The highest BCUT2D eigenvalue weighted by Gasteiger charge is 2.28. The first-order chi connectivity index (χ1) is 15.1. The molecule has 1 aromatic heterocycles. The van der Waals surface area contributed by atoms with Crippen LogP contribution in [0.2, 0.25) is 0 Å². The summed E-state index contributed by atoms with van der Waals surface area (Å²) in [5.41, 5.74) is 1.15. The molecule has 0 aliphatic heterocycles. The molecule has 0 aliphatic carbocycles. The van der Waals surface area contributed by atoms with Crippen LogP contribution in [0.1, 0.15) is 50.4 Å². The molecule has 0 aliphatic rings. The summed E-state index contributed by atoms with van der Waals surface area (Å²) in [7, 11) is 0. The van der Waals surface area contributed by atoms with Crippen molar-refractivity contribution in [3.05, 3.63) is 75.6 Å². The van der Waals surface area contributed by atoms with Gasteiger partial charge in [-0.1, -0.05) is 37.3 Å². The number of rotatable bonds is 5. The van der Waals surface area contributed by atoms with Crippen LogP contribution in [0, 0.1) is 6.92 Å². The molecule has 3 aromatic rings. The third-order valence-electron chi connectivity index (χ3n) is 4.66. The van der Waals surface area contributed by atoms with E-state index in [0.29, 0.717) is 28.5 Å². The second kappa shape index (κ2) is 9.26. The standard InChI is InChI=1S/C25H27NO6/c1-6-16-14-20(27)30-18-12-15(2)13-19(21(16)18)31-23(28)22(17-10-8-7-9-11-17)26-24(29)32-25(3,4)5/h7-14,22H,6H2,1-5H3,(H,26,29)/t22-/m1/s1. The fourth-order valence-electron chi connectivity index (χ4n) is 3.35. The highest BCUT2D eigenvalue weighted by atomic mass is 16.6. The fourth-order valence-corrected chi connectivity index (χ4v) is 3.35. The summed E-state index contributed by atoms with van der Waals surface area (Å²) in [4.78, 5) is 37.6. The monoisotopic (exact) mass is 437 g/mol. The van der Waals surface area contributed by atoms with Crippen molar-refractivity contribution < 1.29 is 23.5 Å². The number of ether oxygens (including phenoxy) is 2. The maximum atomic E-state index is 13.3. The molecule has 0 unspecified atom stereocenters. The normalized spacial score (nSPS) is 12.3. The molecule has 32 heavy (non-hydrogen) atoms. The number of carbonyl (C=O) groups is 2. The minimum atomic E-state index is -1.09. The van der Waals surface area contributed by atoms with Crippen molar-refractivity contribution in [3.63, 3.8) is 0 Å². The molecule has 3 rings (SSSR count). The first-order valence-corrected chi connectivity index (χ1v) is 10.4. The summed E-state index contributed by atoms with van der Waals surface area (Å²) < 4.78 is 16.4. The van der Waals surface area contributed by atoms with Crippen molar-refractivity contribution in [1.29, 1.82) is 0 Å². The second-order valence-corrected chi connectivity index (χ2v) is 8.49. The first kappa shape index (κ1) is 23.1. The van der Waals surface area contributed by atoms with Gasteiger partial charge < -0.3 is 19.2 Å². The van der Waals surface area contributed by atoms with E-state index in [9.17, 15) is 14.4 Å². The van der Waals surface area contributed by atoms with Crippen molar-refractivity contribution in [2.45, 2.75) is 52.7 Å². The van der Waals surface area contributed by atoms with Crippen LogP contribution >= 0.6 is 0 Å². The molecule has 1 amide bonds. The van der Waals surface area contributed by atoms with Crippen molar-refractivity contribution in [2.24, 2.45) is 0 Å². The van der Waals surface area contributed by atoms with Crippen LogP contribution in [0.15, 0.2) is 57.7 Å². The SMILES string of the molecule is CCc1cc(=O)oc2cc(C)cc(OC(=O)[C@H](NC(=O)OC(C)(C)C)c3ccccc3)c12. The Morgan fingerprint density at radius 1 is 1.09 bits per heavy atom. The van der Waals surface area contributed by atoms with Gasteiger partial charge in [0.1, 0.15) is 16.9 Å². The van der Waals surface area contributed by atoms with E-state index in [-0.39, 0.29) is 5.75 Å². The number of amides is 1. The second-order valence-electron chi connectivity index (χ2n) is 8.49. The van der Waals surface area contributed by atoms with E-state index in [4.69, 9.17) is 13.9 Å². The summed E-state index contributed by atoms with van der Waals surface area (Å²) in [6.45, 7) is 8.92. The number of aryl methyl sites for hydroxylation is 2. The minimum Gasteiger partial charge on any atom is -0.444 e. The Kier molecular flexibility index (Phi) is 6.67. The van der Waals surface area contributed by atoms with E-state index in [2.05, 4.69) is 5.32 Å². The Morgan fingerprint density at radius 3 is 2.41 bits per heavy atom. The van der Waals surface area contributed by atoms with Gasteiger partial charge in [0.15, 0.2) is 6.04 Å². The lowest BCUT2D eigenvalue weighted by atomic mass is 10.0. The summed E-state index contributed by atoms with van der Waals surface area (Å²) >= 11 is 0. The average molecular weight is 437 g/mol. The molecule has 1 atom stereocenters. The van der Waals surface area contributed by atoms with Crippen LogP contribution in [0.5, 0.6) is 5.75 Å². The molecule has 7 nitrogen and oxygen atoms in total. The molecule has 0 saturated heterocycles. The zero-order valence-electron chi connectivity index (χ0n) is 18.9. The van der Waals surface area contributed by atoms with Crippen molar-refractivity contribution in [3.8, 4) is 5.75 Å². The van der Waals surface area contributed by atoms with Gasteiger partial charge in [0.25, 0.3) is 0 Å². The van der Waals surface area contributed by atoms with Crippen molar-refractivity contribution in [1.82, 2.24) is 5.32 Å². The van der Waals surface area contributed by atoms with Crippen LogP contribution in [-0.4, -0.2) is 17.7 Å². The van der Waals surface area contributed by atoms with Gasteiger partial charge in [0.05, 0.1) is 5.39 Å². The molecule has 1 heterocycles. The van der Waals surface area contributed by atoms with Crippen LogP contribution in [0.25, 0.3) is 11.0 Å². The summed E-state index contributed by atoms with van der Waals surface area (Å²) in [6, 6.07) is 12.5. The summed E-state index contributed by atoms with van der Waals surface area (Å²) in [5.74, 6) is -0.431. The molecule has 2 aromatic carbocycles. The minimum absolute atomic E-state index is 0.262. The van der Waals surface area contributed by atoms with Gasteiger partial charge in [-0.2, -0.15) is 0 Å². The zero-order valence-corrected chi connectivity index (χ0v) is 18.9. The number of hydrogen-bond acceptors (Lipinski definition) is 6. The van der Waals surface area contributed by atoms with Crippen LogP contribution in [-0.2, 0) is 16.0 Å². The Hall–Kier alpha value is -3.61. The molecule has 168 valence electrons. The lowest BCUT2D eigenvalue weighted by Gasteiger charge is -2.23. The lowest BCUT2D eigenvalue weighted by Crippen LogP contribution is -2.39. The topological polar surface area (TPSA) is 94.8 Å². The fraction of sp³-hybridized carbons (Fsp3) is 0.320. The van der Waals surface area contributed by atoms with E-state index in [1.807, 2.05) is 19.9 Å². The Morgan fingerprint density at radius 2 is 1.78 bits per heavy atom. The summed E-state index contributed by atoms with van der Waals surface area (Å²) in [6.07, 6.45) is -0.189. The van der Waals surface area contributed by atoms with Crippen LogP contribution in [0.4, 0.5) is 4.79 Å². The molecule has 0 fully saturated rings. The maximum Gasteiger partial charge on any atom is 0.408 e. The summed E-state index contributed by atoms with van der Waals surface area (Å²) in [5, 5.41) is 3.15. The van der Waals surface area contributed by atoms with E-state index in [1.54, 1.807) is 57.2 Å². The molecule has 1 N–H and O–H groups in total. The molecule has 0 bridgehead atoms. The van der Waals surface area contributed by atoms with Gasteiger partial charge in [-0.25, -0.2) is 14.4 Å². The van der Waals surface area contributed by atoms with Crippen molar-refractivity contribution >= 4 is 23.0 Å². The Bertz CT molecular complexity index is 1190. The third kappa shape index (κ3) is 5.55. The number of nitrogens with one attached hydrogen (secondary N) is 1. The van der Waals surface area contributed by atoms with Gasteiger partial charge in [-0.15, -0.1) is 0 Å². The molecule has 7 heteroatoms. The predicted molar refractivity (Wildman–Crippen MR) is 121 cm³/mol. The van der Waals surface area contributed by atoms with E-state index in [0.717, 1.165) is 5.56 Å².